The predicted octanol–water partition coefficient (Wildman–Crippen LogP) is 2.69. The molecule has 2 heterocycles. The largest absolute Gasteiger partial charge is 0.497 e. The van der Waals surface area contributed by atoms with Gasteiger partial charge in [0, 0.05) is 29.7 Å². The van der Waals surface area contributed by atoms with E-state index in [2.05, 4.69) is 36.3 Å². The van der Waals surface area contributed by atoms with Crippen molar-refractivity contribution in [2.75, 3.05) is 13.7 Å². The van der Waals surface area contributed by atoms with Crippen molar-refractivity contribution >= 4 is 10.9 Å². The van der Waals surface area contributed by atoms with Crippen LogP contribution in [-0.2, 0) is 6.54 Å². The molecule has 3 heteroatoms. The van der Waals surface area contributed by atoms with Crippen LogP contribution in [0.3, 0.4) is 0 Å². The van der Waals surface area contributed by atoms with Crippen molar-refractivity contribution in [3.8, 4) is 5.75 Å². The summed E-state index contributed by atoms with van der Waals surface area (Å²) >= 11 is 0. The molecular weight excluding hydrogens is 212 g/mol. The van der Waals surface area contributed by atoms with Crippen LogP contribution in [0.15, 0.2) is 12.1 Å². The second-order valence-electron chi connectivity index (χ2n) is 4.92. The van der Waals surface area contributed by atoms with Crippen LogP contribution in [0.25, 0.3) is 10.9 Å². The van der Waals surface area contributed by atoms with Crippen LogP contribution in [0.2, 0.25) is 0 Å². The molecule has 3 rings (SSSR count). The van der Waals surface area contributed by atoms with Gasteiger partial charge in [-0.25, -0.2) is 0 Å². The molecule has 0 radical (unpaired) electrons. The van der Waals surface area contributed by atoms with Gasteiger partial charge in [0.25, 0.3) is 0 Å². The van der Waals surface area contributed by atoms with E-state index >= 15 is 0 Å². The van der Waals surface area contributed by atoms with Gasteiger partial charge >= 0.3 is 0 Å². The van der Waals surface area contributed by atoms with Crippen LogP contribution in [0.1, 0.15) is 29.7 Å². The lowest BCUT2D eigenvalue weighted by atomic mass is 9.94. The van der Waals surface area contributed by atoms with Crippen molar-refractivity contribution in [3.63, 3.8) is 0 Å². The van der Waals surface area contributed by atoms with E-state index in [1.165, 1.54) is 27.7 Å². The van der Waals surface area contributed by atoms with E-state index in [0.29, 0.717) is 5.92 Å². The topological polar surface area (TPSA) is 37.0 Å². The molecule has 1 aliphatic heterocycles. The summed E-state index contributed by atoms with van der Waals surface area (Å²) in [5.74, 6) is 1.50. The quantitative estimate of drug-likeness (QED) is 0.790. The number of hydrogen-bond donors (Lipinski definition) is 2. The number of aromatic nitrogens is 1. The number of fused-ring (bicyclic) bond motifs is 3. The number of methoxy groups -OCH3 is 1. The zero-order valence-electron chi connectivity index (χ0n) is 10.6. The van der Waals surface area contributed by atoms with E-state index in [0.717, 1.165) is 18.8 Å². The highest BCUT2D eigenvalue weighted by Crippen LogP contribution is 2.35. The zero-order valence-corrected chi connectivity index (χ0v) is 10.6. The zero-order chi connectivity index (χ0) is 12.0. The summed E-state index contributed by atoms with van der Waals surface area (Å²) in [6.07, 6.45) is 0. The maximum absolute atomic E-state index is 5.37. The SMILES string of the molecule is COc1cc(C)c2[nH]c3c(c2c1)C(C)CNC3. The normalized spacial score (nSPS) is 19.4. The molecule has 0 bridgehead atoms. The molecule has 0 aliphatic carbocycles. The summed E-state index contributed by atoms with van der Waals surface area (Å²) in [7, 11) is 1.73. The third kappa shape index (κ3) is 1.53. The lowest BCUT2D eigenvalue weighted by Gasteiger charge is -2.20. The van der Waals surface area contributed by atoms with Gasteiger partial charge in [0.05, 0.1) is 7.11 Å². The van der Waals surface area contributed by atoms with E-state index < -0.39 is 0 Å². The Labute approximate surface area is 101 Å². The molecule has 1 aromatic heterocycles. The Hall–Kier alpha value is -1.48. The lowest BCUT2D eigenvalue weighted by Crippen LogP contribution is -2.26. The molecule has 0 amide bonds. The average molecular weight is 230 g/mol. The van der Waals surface area contributed by atoms with Crippen molar-refractivity contribution < 1.29 is 4.74 Å². The van der Waals surface area contributed by atoms with E-state index in [4.69, 9.17) is 4.74 Å². The minimum absolute atomic E-state index is 0.555. The Morgan fingerprint density at radius 2 is 2.18 bits per heavy atom. The first-order chi connectivity index (χ1) is 8.20. The average Bonchev–Trinajstić information content (AvgIpc) is 2.69. The van der Waals surface area contributed by atoms with Crippen molar-refractivity contribution in [1.82, 2.24) is 10.3 Å². The number of ether oxygens (including phenoxy) is 1. The second kappa shape index (κ2) is 3.77. The Balaban J connectivity index is 2.32. The van der Waals surface area contributed by atoms with Gasteiger partial charge in [-0.15, -0.1) is 0 Å². The van der Waals surface area contributed by atoms with Crippen LogP contribution in [0, 0.1) is 6.92 Å². The Bertz CT molecular complexity index is 571. The van der Waals surface area contributed by atoms with E-state index in [1.54, 1.807) is 7.11 Å². The number of rotatable bonds is 1. The summed E-state index contributed by atoms with van der Waals surface area (Å²) < 4.78 is 5.37. The Kier molecular flexibility index (Phi) is 2.37. The summed E-state index contributed by atoms with van der Waals surface area (Å²) in [4.78, 5) is 3.55. The van der Waals surface area contributed by atoms with Gasteiger partial charge in [0.2, 0.25) is 0 Å². The summed E-state index contributed by atoms with van der Waals surface area (Å²) in [5, 5.41) is 4.76. The second-order valence-corrected chi connectivity index (χ2v) is 4.92. The summed E-state index contributed by atoms with van der Waals surface area (Å²) in [6, 6.07) is 4.24. The summed E-state index contributed by atoms with van der Waals surface area (Å²) in [5.41, 5.74) is 5.29. The van der Waals surface area contributed by atoms with Gasteiger partial charge in [-0.2, -0.15) is 0 Å². The minimum atomic E-state index is 0.555. The Morgan fingerprint density at radius 1 is 1.35 bits per heavy atom. The van der Waals surface area contributed by atoms with Crippen molar-refractivity contribution in [3.05, 3.63) is 29.0 Å². The van der Waals surface area contributed by atoms with Crippen LogP contribution < -0.4 is 10.1 Å². The first-order valence-electron chi connectivity index (χ1n) is 6.10. The van der Waals surface area contributed by atoms with Gasteiger partial charge in [-0.3, -0.25) is 0 Å². The third-order valence-electron chi connectivity index (χ3n) is 3.68. The molecule has 1 aromatic carbocycles. The molecule has 2 aromatic rings. The van der Waals surface area contributed by atoms with Crippen LogP contribution in [0.4, 0.5) is 0 Å². The standard InChI is InChI=1S/C14H18N2O/c1-8-4-10(17-3)5-11-13-9(2)6-15-7-12(13)16-14(8)11/h4-5,9,15-16H,6-7H2,1-3H3. The molecule has 1 aliphatic rings. The van der Waals surface area contributed by atoms with Gasteiger partial charge < -0.3 is 15.0 Å². The van der Waals surface area contributed by atoms with Crippen LogP contribution in [0.5, 0.6) is 5.75 Å². The van der Waals surface area contributed by atoms with Crippen LogP contribution >= 0.6 is 0 Å². The molecule has 1 unspecified atom stereocenters. The van der Waals surface area contributed by atoms with Gasteiger partial charge in [0.1, 0.15) is 5.75 Å². The maximum atomic E-state index is 5.37. The van der Waals surface area contributed by atoms with Crippen molar-refractivity contribution in [2.45, 2.75) is 26.3 Å². The molecule has 3 nitrogen and oxygen atoms in total. The summed E-state index contributed by atoms with van der Waals surface area (Å²) in [6.45, 7) is 6.39. The van der Waals surface area contributed by atoms with Crippen molar-refractivity contribution in [1.29, 1.82) is 0 Å². The monoisotopic (exact) mass is 230 g/mol. The molecule has 0 fully saturated rings. The number of hydrogen-bond acceptors (Lipinski definition) is 2. The molecule has 0 saturated heterocycles. The highest BCUT2D eigenvalue weighted by Gasteiger charge is 2.22. The first kappa shape index (κ1) is 10.7. The fourth-order valence-corrected chi connectivity index (χ4v) is 2.85. The maximum Gasteiger partial charge on any atom is 0.119 e. The number of benzene rings is 1. The van der Waals surface area contributed by atoms with Crippen LogP contribution in [-0.4, -0.2) is 18.6 Å². The fourth-order valence-electron chi connectivity index (χ4n) is 2.85. The van der Waals surface area contributed by atoms with E-state index in [1.807, 2.05) is 0 Å². The number of aromatic amines is 1. The number of H-pyrrole nitrogens is 1. The predicted molar refractivity (Wildman–Crippen MR) is 69.7 cm³/mol. The molecular formula is C14H18N2O. The number of nitrogens with one attached hydrogen (secondary N) is 2. The molecule has 0 spiro atoms. The third-order valence-corrected chi connectivity index (χ3v) is 3.68. The van der Waals surface area contributed by atoms with E-state index in [9.17, 15) is 0 Å². The minimum Gasteiger partial charge on any atom is -0.497 e. The Morgan fingerprint density at radius 3 is 2.94 bits per heavy atom. The molecule has 1 atom stereocenters. The van der Waals surface area contributed by atoms with Crippen molar-refractivity contribution in [2.24, 2.45) is 0 Å². The van der Waals surface area contributed by atoms with Gasteiger partial charge in [-0.1, -0.05) is 6.92 Å². The van der Waals surface area contributed by atoms with E-state index in [-0.39, 0.29) is 0 Å². The van der Waals surface area contributed by atoms with Gasteiger partial charge in [0.15, 0.2) is 0 Å². The lowest BCUT2D eigenvalue weighted by molar-refractivity contribution is 0.415. The fraction of sp³-hybridized carbons (Fsp3) is 0.429. The first-order valence-corrected chi connectivity index (χ1v) is 6.10. The highest BCUT2D eigenvalue weighted by molar-refractivity contribution is 5.89. The molecule has 90 valence electrons. The highest BCUT2D eigenvalue weighted by atomic mass is 16.5. The molecule has 17 heavy (non-hydrogen) atoms. The molecule has 0 saturated carbocycles. The number of aryl methyl sites for hydroxylation is 1. The molecule has 2 N–H and O–H groups in total. The van der Waals surface area contributed by atoms with Gasteiger partial charge in [-0.05, 0) is 36.1 Å². The smallest absolute Gasteiger partial charge is 0.119 e.